The SMILES string of the molecule is C=CCC(OCP(=O)(O)O)N1CNc2c1nc(N)[nH]c2=O. The summed E-state index contributed by atoms with van der Waals surface area (Å²) in [5, 5.41) is 2.84. The zero-order valence-corrected chi connectivity index (χ0v) is 11.9. The normalized spacial score (nSPS) is 15.4. The van der Waals surface area contributed by atoms with Crippen LogP contribution in [0.2, 0.25) is 0 Å². The highest BCUT2D eigenvalue weighted by Gasteiger charge is 2.31. The molecule has 10 nitrogen and oxygen atoms in total. The average molecular weight is 317 g/mol. The molecule has 0 saturated heterocycles. The zero-order chi connectivity index (χ0) is 15.6. The summed E-state index contributed by atoms with van der Waals surface area (Å²) in [5.41, 5.74) is 5.32. The first-order chi connectivity index (χ1) is 9.81. The van der Waals surface area contributed by atoms with Gasteiger partial charge in [-0.2, -0.15) is 4.98 Å². The van der Waals surface area contributed by atoms with E-state index in [1.54, 1.807) is 11.0 Å². The van der Waals surface area contributed by atoms with E-state index < -0.39 is 25.7 Å². The van der Waals surface area contributed by atoms with Crippen LogP contribution in [0.5, 0.6) is 0 Å². The first-order valence-corrected chi connectivity index (χ1v) is 7.79. The van der Waals surface area contributed by atoms with Crippen LogP contribution in [0.4, 0.5) is 17.5 Å². The van der Waals surface area contributed by atoms with Gasteiger partial charge in [-0.1, -0.05) is 6.08 Å². The van der Waals surface area contributed by atoms with Gasteiger partial charge in [-0.05, 0) is 0 Å². The molecule has 0 aromatic carbocycles. The van der Waals surface area contributed by atoms with E-state index in [9.17, 15) is 9.36 Å². The fourth-order valence-electron chi connectivity index (χ4n) is 1.93. The zero-order valence-electron chi connectivity index (χ0n) is 11.0. The molecule has 0 spiro atoms. The van der Waals surface area contributed by atoms with Crippen molar-refractivity contribution in [2.75, 3.05) is 29.0 Å². The van der Waals surface area contributed by atoms with Crippen LogP contribution in [0.1, 0.15) is 6.42 Å². The molecule has 116 valence electrons. The second-order valence-electron chi connectivity index (χ2n) is 4.39. The molecule has 11 heteroatoms. The minimum absolute atomic E-state index is 0.0557. The molecule has 0 fully saturated rings. The summed E-state index contributed by atoms with van der Waals surface area (Å²) in [6.07, 6.45) is 0.363. The molecule has 1 aromatic rings. The topological polar surface area (TPSA) is 154 Å². The van der Waals surface area contributed by atoms with Crippen LogP contribution in [-0.4, -0.2) is 39.0 Å². The lowest BCUT2D eigenvalue weighted by molar-refractivity contribution is 0.0756. The van der Waals surface area contributed by atoms with Crippen LogP contribution >= 0.6 is 7.60 Å². The van der Waals surface area contributed by atoms with Gasteiger partial charge in [0.2, 0.25) is 5.95 Å². The number of nitrogens with one attached hydrogen (secondary N) is 2. The Bertz CT molecular complexity index is 641. The number of nitrogen functional groups attached to an aromatic ring is 1. The smallest absolute Gasteiger partial charge is 0.351 e. The van der Waals surface area contributed by atoms with E-state index in [-0.39, 0.29) is 30.5 Å². The van der Waals surface area contributed by atoms with E-state index in [4.69, 9.17) is 20.3 Å². The largest absolute Gasteiger partial charge is 0.369 e. The van der Waals surface area contributed by atoms with Crippen molar-refractivity contribution in [2.45, 2.75) is 12.6 Å². The van der Waals surface area contributed by atoms with Crippen molar-refractivity contribution in [2.24, 2.45) is 0 Å². The average Bonchev–Trinajstić information content (AvgIpc) is 2.77. The summed E-state index contributed by atoms with van der Waals surface area (Å²) in [6, 6.07) is 0. The van der Waals surface area contributed by atoms with Crippen LogP contribution in [0, 0.1) is 0 Å². The number of rotatable bonds is 6. The molecule has 2 heterocycles. The molecule has 6 N–H and O–H groups in total. The van der Waals surface area contributed by atoms with Gasteiger partial charge in [0.05, 0.1) is 6.67 Å². The molecule has 0 radical (unpaired) electrons. The van der Waals surface area contributed by atoms with Gasteiger partial charge in [0.1, 0.15) is 11.9 Å². The third-order valence-electron chi connectivity index (χ3n) is 2.77. The van der Waals surface area contributed by atoms with E-state index in [0.29, 0.717) is 0 Å². The van der Waals surface area contributed by atoms with Gasteiger partial charge in [-0.3, -0.25) is 14.3 Å². The summed E-state index contributed by atoms with van der Waals surface area (Å²) in [4.78, 5) is 37.4. The molecule has 1 aliphatic heterocycles. The van der Waals surface area contributed by atoms with E-state index in [1.807, 2.05) is 0 Å². The van der Waals surface area contributed by atoms with Crippen LogP contribution in [0.3, 0.4) is 0 Å². The summed E-state index contributed by atoms with van der Waals surface area (Å²) in [5.74, 6) is 0.216. The van der Waals surface area contributed by atoms with Crippen LogP contribution < -0.4 is 21.5 Å². The summed E-state index contributed by atoms with van der Waals surface area (Å²) in [7, 11) is -4.30. The minimum atomic E-state index is -4.30. The monoisotopic (exact) mass is 317 g/mol. The second kappa shape index (κ2) is 5.86. The Hall–Kier alpha value is -1.87. The number of H-pyrrole nitrogens is 1. The van der Waals surface area contributed by atoms with E-state index in [2.05, 4.69) is 21.9 Å². The summed E-state index contributed by atoms with van der Waals surface area (Å²) in [6.45, 7) is 3.78. The Morgan fingerprint density at radius 1 is 1.62 bits per heavy atom. The maximum atomic E-state index is 11.7. The van der Waals surface area contributed by atoms with Gasteiger partial charge in [0, 0.05) is 6.42 Å². The lowest BCUT2D eigenvalue weighted by atomic mass is 10.3. The molecule has 1 unspecified atom stereocenters. The lowest BCUT2D eigenvalue weighted by Gasteiger charge is -2.27. The molecular weight excluding hydrogens is 301 g/mol. The summed E-state index contributed by atoms with van der Waals surface area (Å²) >= 11 is 0. The van der Waals surface area contributed by atoms with E-state index >= 15 is 0 Å². The highest BCUT2D eigenvalue weighted by atomic mass is 31.2. The molecule has 0 bridgehead atoms. The Kier molecular flexibility index (Phi) is 4.33. The van der Waals surface area contributed by atoms with Gasteiger partial charge in [0.15, 0.2) is 12.2 Å². The summed E-state index contributed by atoms with van der Waals surface area (Å²) < 4.78 is 16.2. The molecule has 1 aromatic heterocycles. The number of aromatic amines is 1. The number of aromatic nitrogens is 2. The van der Waals surface area contributed by atoms with Gasteiger partial charge in [-0.25, -0.2) is 0 Å². The Labute approximate surface area is 119 Å². The standard InChI is InChI=1S/C10H16N5O5P/c1-2-3-6(20-5-21(17,18)19)15-4-12-7-8(15)13-10(11)14-9(7)16/h2,6,12H,1,3-5H2,(H2,17,18,19)(H3,11,13,14,16). The molecule has 0 aliphatic carbocycles. The highest BCUT2D eigenvalue weighted by molar-refractivity contribution is 7.51. The number of ether oxygens (including phenoxy) is 1. The van der Waals surface area contributed by atoms with Gasteiger partial charge in [-0.15, -0.1) is 6.58 Å². The third-order valence-corrected chi connectivity index (χ3v) is 3.25. The molecule has 2 rings (SSSR count). The van der Waals surface area contributed by atoms with Crippen molar-refractivity contribution in [1.29, 1.82) is 0 Å². The fourth-order valence-corrected chi connectivity index (χ4v) is 2.30. The quantitative estimate of drug-likeness (QED) is 0.348. The van der Waals surface area contributed by atoms with Gasteiger partial charge >= 0.3 is 7.60 Å². The van der Waals surface area contributed by atoms with Crippen LogP contribution in [0.15, 0.2) is 17.4 Å². The van der Waals surface area contributed by atoms with Crippen molar-refractivity contribution < 1.29 is 19.1 Å². The highest BCUT2D eigenvalue weighted by Crippen LogP contribution is 2.36. The van der Waals surface area contributed by atoms with Crippen molar-refractivity contribution in [3.8, 4) is 0 Å². The van der Waals surface area contributed by atoms with Crippen LogP contribution in [0.25, 0.3) is 0 Å². The van der Waals surface area contributed by atoms with E-state index in [1.165, 1.54) is 0 Å². The van der Waals surface area contributed by atoms with Crippen molar-refractivity contribution in [3.05, 3.63) is 23.0 Å². The molecule has 21 heavy (non-hydrogen) atoms. The lowest BCUT2D eigenvalue weighted by Crippen LogP contribution is -2.37. The molecule has 0 amide bonds. The first kappa shape index (κ1) is 15.5. The van der Waals surface area contributed by atoms with Crippen LogP contribution in [-0.2, 0) is 9.30 Å². The van der Waals surface area contributed by atoms with Crippen molar-refractivity contribution >= 4 is 25.0 Å². The van der Waals surface area contributed by atoms with Crippen molar-refractivity contribution in [3.63, 3.8) is 0 Å². The number of nitrogens with two attached hydrogens (primary N) is 1. The predicted octanol–water partition coefficient (Wildman–Crippen LogP) is -0.405. The number of anilines is 3. The number of nitrogens with zero attached hydrogens (tertiary/aromatic N) is 2. The van der Waals surface area contributed by atoms with Crippen molar-refractivity contribution in [1.82, 2.24) is 9.97 Å². The number of fused-ring (bicyclic) bond motifs is 1. The second-order valence-corrected chi connectivity index (χ2v) is 5.98. The molecular formula is C10H16N5O5P. The number of hydrogen-bond acceptors (Lipinski definition) is 7. The number of hydrogen-bond donors (Lipinski definition) is 5. The molecule has 0 saturated carbocycles. The predicted molar refractivity (Wildman–Crippen MR) is 76.8 cm³/mol. The first-order valence-electron chi connectivity index (χ1n) is 5.99. The molecule has 1 aliphatic rings. The van der Waals surface area contributed by atoms with Gasteiger partial charge in [0.25, 0.3) is 5.56 Å². The minimum Gasteiger partial charge on any atom is -0.369 e. The third kappa shape index (κ3) is 3.61. The fraction of sp³-hybridized carbons (Fsp3) is 0.400. The Morgan fingerprint density at radius 2 is 2.33 bits per heavy atom. The Morgan fingerprint density at radius 3 is 2.95 bits per heavy atom. The molecule has 1 atom stereocenters. The van der Waals surface area contributed by atoms with Gasteiger partial charge < -0.3 is 30.5 Å². The maximum Gasteiger partial charge on any atom is 0.351 e. The maximum absolute atomic E-state index is 11.7. The van der Waals surface area contributed by atoms with E-state index in [0.717, 1.165) is 0 Å². The Balaban J connectivity index is 2.26.